The van der Waals surface area contributed by atoms with Crippen molar-refractivity contribution in [3.05, 3.63) is 29.8 Å². The predicted molar refractivity (Wildman–Crippen MR) is 112 cm³/mol. The van der Waals surface area contributed by atoms with Gasteiger partial charge in [0.25, 0.3) is 10.0 Å². The number of piperazine rings is 1. The van der Waals surface area contributed by atoms with E-state index in [1.807, 2.05) is 0 Å². The second kappa shape index (κ2) is 10.2. The van der Waals surface area contributed by atoms with Crippen LogP contribution < -0.4 is 10.6 Å². The molecule has 1 saturated heterocycles. The topological polar surface area (TPSA) is 94.1 Å². The van der Waals surface area contributed by atoms with Crippen molar-refractivity contribution in [2.45, 2.75) is 17.7 Å². The monoisotopic (exact) mass is 429 g/mol. The Morgan fingerprint density at radius 3 is 2.75 bits per heavy atom. The number of hydrogen-bond acceptors (Lipinski definition) is 6. The van der Waals surface area contributed by atoms with E-state index in [2.05, 4.69) is 19.9 Å². The fourth-order valence-corrected chi connectivity index (χ4v) is 4.57. The molecule has 28 heavy (non-hydrogen) atoms. The van der Waals surface area contributed by atoms with Gasteiger partial charge >= 0.3 is 0 Å². The lowest BCUT2D eigenvalue weighted by Crippen LogP contribution is -2.46. The summed E-state index contributed by atoms with van der Waals surface area (Å²) in [5, 5.41) is 6.26. The normalized spacial score (nSPS) is 18.0. The van der Waals surface area contributed by atoms with Gasteiger partial charge in [0.05, 0.1) is 0 Å². The van der Waals surface area contributed by atoms with E-state index in [1.165, 1.54) is 0 Å². The van der Waals surface area contributed by atoms with Crippen LogP contribution in [-0.2, 0) is 14.8 Å². The molecule has 0 saturated carbocycles. The Morgan fingerprint density at radius 2 is 2.00 bits per heavy atom. The average molecular weight is 430 g/mol. The van der Waals surface area contributed by atoms with E-state index in [0.717, 1.165) is 32.7 Å². The molecule has 1 aromatic carbocycles. The van der Waals surface area contributed by atoms with Crippen molar-refractivity contribution < 1.29 is 13.2 Å². The van der Waals surface area contributed by atoms with Gasteiger partial charge in [-0.15, -0.1) is 16.8 Å². The molecular formula is C18H28ClN5O3S. The van der Waals surface area contributed by atoms with Crippen molar-refractivity contribution in [3.63, 3.8) is 0 Å². The van der Waals surface area contributed by atoms with E-state index >= 15 is 0 Å². The van der Waals surface area contributed by atoms with Gasteiger partial charge in [-0.3, -0.25) is 9.69 Å². The van der Waals surface area contributed by atoms with Crippen LogP contribution in [0.15, 0.2) is 33.6 Å². The van der Waals surface area contributed by atoms with Gasteiger partial charge in [-0.05, 0) is 18.6 Å². The number of rotatable bonds is 7. The lowest BCUT2D eigenvalue weighted by Gasteiger charge is -2.27. The summed E-state index contributed by atoms with van der Waals surface area (Å²) < 4.78 is 28.1. The smallest absolute Gasteiger partial charge is 0.285 e. The Hall–Kier alpha value is -1.68. The van der Waals surface area contributed by atoms with Crippen molar-refractivity contribution in [2.75, 3.05) is 52.9 Å². The van der Waals surface area contributed by atoms with Crippen molar-refractivity contribution in [1.82, 2.24) is 20.4 Å². The number of carbonyl (C=O) groups excluding carboxylic acids is 1. The third kappa shape index (κ3) is 5.66. The quantitative estimate of drug-likeness (QED) is 0.647. The summed E-state index contributed by atoms with van der Waals surface area (Å²) in [7, 11) is -1.80. The Balaban J connectivity index is 0.00000280. The lowest BCUT2D eigenvalue weighted by atomic mass is 10.2. The average Bonchev–Trinajstić information content (AvgIpc) is 2.94. The highest BCUT2D eigenvalue weighted by molar-refractivity contribution is 7.90. The number of nitrogens with one attached hydrogen (secondary N) is 2. The number of carbonyl (C=O) groups is 1. The highest BCUT2D eigenvalue weighted by Gasteiger charge is 2.30. The molecule has 2 aliphatic rings. The summed E-state index contributed by atoms with van der Waals surface area (Å²) in [5.74, 6) is 0.477. The first-order valence-electron chi connectivity index (χ1n) is 9.33. The standard InChI is InChI=1S/C18H27N5O3S.ClH/c1-22(18-15-5-2-3-6-16(15)27(25,26)21-18)11-4-7-17(24)20-10-14-23-12-8-19-9-13-23;/h2-3,5-6,19H,4,7-14H2,1H3,(H,20,24);1H. The molecule has 8 nitrogen and oxygen atoms in total. The number of sulfonamides is 1. The zero-order valence-electron chi connectivity index (χ0n) is 16.1. The molecular weight excluding hydrogens is 402 g/mol. The Bertz CT molecular complexity index is 809. The van der Waals surface area contributed by atoms with E-state index < -0.39 is 10.0 Å². The van der Waals surface area contributed by atoms with E-state index in [0.29, 0.717) is 37.3 Å². The number of nitrogens with zero attached hydrogens (tertiary/aromatic N) is 3. The van der Waals surface area contributed by atoms with E-state index in [9.17, 15) is 13.2 Å². The van der Waals surface area contributed by atoms with Crippen molar-refractivity contribution in [3.8, 4) is 0 Å². The molecule has 0 bridgehead atoms. The molecule has 10 heteroatoms. The molecule has 0 spiro atoms. The third-order valence-corrected chi connectivity index (χ3v) is 6.16. The maximum atomic E-state index is 12.1. The summed E-state index contributed by atoms with van der Waals surface area (Å²) in [6.07, 6.45) is 1.05. The number of benzene rings is 1. The minimum absolute atomic E-state index is 0. The first kappa shape index (κ1) is 22.6. The van der Waals surface area contributed by atoms with Gasteiger partial charge in [-0.1, -0.05) is 12.1 Å². The van der Waals surface area contributed by atoms with Gasteiger partial charge < -0.3 is 15.5 Å². The van der Waals surface area contributed by atoms with Crippen LogP contribution >= 0.6 is 12.4 Å². The van der Waals surface area contributed by atoms with Crippen LogP contribution in [0.3, 0.4) is 0 Å². The van der Waals surface area contributed by atoms with Crippen LogP contribution in [0, 0.1) is 0 Å². The first-order valence-corrected chi connectivity index (χ1v) is 10.8. The summed E-state index contributed by atoms with van der Waals surface area (Å²) in [6, 6.07) is 6.83. The Labute approximate surface area is 172 Å². The number of fused-ring (bicyclic) bond motifs is 1. The van der Waals surface area contributed by atoms with Gasteiger partial charge in [0.2, 0.25) is 5.91 Å². The van der Waals surface area contributed by atoms with Crippen LogP contribution in [0.2, 0.25) is 0 Å². The SMILES string of the molecule is CN(CCCC(=O)NCCN1CCNCC1)C1=NS(=O)(=O)c2ccccc21.Cl. The van der Waals surface area contributed by atoms with Gasteiger partial charge in [-0.2, -0.15) is 8.42 Å². The maximum absolute atomic E-state index is 12.1. The molecule has 0 aliphatic carbocycles. The zero-order chi connectivity index (χ0) is 19.3. The second-order valence-electron chi connectivity index (χ2n) is 6.85. The lowest BCUT2D eigenvalue weighted by molar-refractivity contribution is -0.121. The molecule has 0 radical (unpaired) electrons. The summed E-state index contributed by atoms with van der Waals surface area (Å²) >= 11 is 0. The molecule has 1 aromatic rings. The summed E-state index contributed by atoms with van der Waals surface area (Å²) in [5.41, 5.74) is 0.625. The first-order chi connectivity index (χ1) is 13.0. The number of hydrogen-bond donors (Lipinski definition) is 2. The Morgan fingerprint density at radius 1 is 1.29 bits per heavy atom. The second-order valence-corrected chi connectivity index (χ2v) is 8.43. The minimum atomic E-state index is -3.61. The molecule has 156 valence electrons. The molecule has 2 heterocycles. The molecule has 2 aliphatic heterocycles. The zero-order valence-corrected chi connectivity index (χ0v) is 17.7. The maximum Gasteiger partial charge on any atom is 0.285 e. The minimum Gasteiger partial charge on any atom is -0.358 e. The molecule has 2 N–H and O–H groups in total. The van der Waals surface area contributed by atoms with Crippen molar-refractivity contribution in [2.24, 2.45) is 4.40 Å². The van der Waals surface area contributed by atoms with Crippen LogP contribution in [0.5, 0.6) is 0 Å². The number of amides is 1. The summed E-state index contributed by atoms with van der Waals surface area (Å²) in [4.78, 5) is 16.4. The van der Waals surface area contributed by atoms with Crippen LogP contribution in [0.25, 0.3) is 0 Å². The van der Waals surface area contributed by atoms with Gasteiger partial charge in [0.15, 0.2) is 0 Å². The molecule has 1 fully saturated rings. The Kier molecular flexibility index (Phi) is 8.23. The van der Waals surface area contributed by atoms with E-state index in [-0.39, 0.29) is 23.2 Å². The number of halogens is 1. The number of amidine groups is 1. The van der Waals surface area contributed by atoms with Crippen molar-refractivity contribution in [1.29, 1.82) is 0 Å². The van der Waals surface area contributed by atoms with Crippen LogP contribution in [-0.4, -0.2) is 82.8 Å². The fourth-order valence-electron chi connectivity index (χ4n) is 3.32. The molecule has 0 atom stereocenters. The third-order valence-electron chi connectivity index (χ3n) is 4.83. The highest BCUT2D eigenvalue weighted by Crippen LogP contribution is 2.26. The van der Waals surface area contributed by atoms with Gasteiger partial charge in [0, 0.05) is 64.8 Å². The van der Waals surface area contributed by atoms with Crippen LogP contribution in [0.4, 0.5) is 0 Å². The van der Waals surface area contributed by atoms with E-state index in [1.54, 1.807) is 36.2 Å². The summed E-state index contributed by atoms with van der Waals surface area (Å²) in [6.45, 7) is 6.14. The predicted octanol–water partition coefficient (Wildman–Crippen LogP) is 0.291. The molecule has 0 unspecified atom stereocenters. The van der Waals surface area contributed by atoms with Gasteiger partial charge in [0.1, 0.15) is 10.7 Å². The largest absolute Gasteiger partial charge is 0.358 e. The fraction of sp³-hybridized carbons (Fsp3) is 0.556. The van der Waals surface area contributed by atoms with E-state index in [4.69, 9.17) is 0 Å². The molecule has 1 amide bonds. The van der Waals surface area contributed by atoms with Gasteiger partial charge in [-0.25, -0.2) is 0 Å². The molecule has 3 rings (SSSR count). The molecule has 0 aromatic heterocycles. The van der Waals surface area contributed by atoms with Crippen LogP contribution in [0.1, 0.15) is 18.4 Å². The highest BCUT2D eigenvalue weighted by atomic mass is 35.5. The van der Waals surface area contributed by atoms with Crippen molar-refractivity contribution >= 4 is 34.2 Å².